The Morgan fingerprint density at radius 3 is 2.83 bits per heavy atom. The molecular formula is C12H15N3O2S. The van der Waals surface area contributed by atoms with Gasteiger partial charge in [0.05, 0.1) is 11.3 Å². The summed E-state index contributed by atoms with van der Waals surface area (Å²) in [5.74, 6) is 0.103. The molecule has 0 spiro atoms. The van der Waals surface area contributed by atoms with Gasteiger partial charge in [0, 0.05) is 35.8 Å². The average molecular weight is 265 g/mol. The minimum atomic E-state index is -2.95. The molecule has 0 radical (unpaired) electrons. The number of sulfone groups is 1. The molecule has 5 nitrogen and oxygen atoms in total. The van der Waals surface area contributed by atoms with Crippen molar-refractivity contribution in [2.24, 2.45) is 0 Å². The SMILES string of the molecule is CS(=O)(=O)CCNc1ccnc2cc(N)ccc12. The Kier molecular flexibility index (Phi) is 3.38. The van der Waals surface area contributed by atoms with Gasteiger partial charge < -0.3 is 11.1 Å². The van der Waals surface area contributed by atoms with Crippen LogP contribution in [0.15, 0.2) is 30.5 Å². The van der Waals surface area contributed by atoms with Crippen molar-refractivity contribution in [3.63, 3.8) is 0 Å². The smallest absolute Gasteiger partial charge is 0.149 e. The highest BCUT2D eigenvalue weighted by molar-refractivity contribution is 7.90. The maximum atomic E-state index is 11.1. The third-order valence-electron chi connectivity index (χ3n) is 2.56. The van der Waals surface area contributed by atoms with Gasteiger partial charge >= 0.3 is 0 Å². The molecule has 0 fully saturated rings. The summed E-state index contributed by atoms with van der Waals surface area (Å²) in [6.07, 6.45) is 2.89. The molecule has 1 aromatic heterocycles. The lowest BCUT2D eigenvalue weighted by atomic mass is 10.1. The average Bonchev–Trinajstić information content (AvgIpc) is 2.27. The summed E-state index contributed by atoms with van der Waals surface area (Å²) >= 11 is 0. The summed E-state index contributed by atoms with van der Waals surface area (Å²) in [5, 5.41) is 4.03. The molecule has 18 heavy (non-hydrogen) atoms. The zero-order valence-electron chi connectivity index (χ0n) is 10.1. The molecule has 0 aliphatic carbocycles. The summed E-state index contributed by atoms with van der Waals surface area (Å²) in [7, 11) is -2.95. The first-order valence-corrected chi connectivity index (χ1v) is 7.57. The van der Waals surface area contributed by atoms with Crippen LogP contribution in [-0.2, 0) is 9.84 Å². The van der Waals surface area contributed by atoms with Gasteiger partial charge in [-0.05, 0) is 24.3 Å². The summed E-state index contributed by atoms with van der Waals surface area (Å²) in [5.41, 5.74) is 8.00. The van der Waals surface area contributed by atoms with Crippen LogP contribution in [0.1, 0.15) is 0 Å². The Morgan fingerprint density at radius 1 is 1.33 bits per heavy atom. The van der Waals surface area contributed by atoms with E-state index in [2.05, 4.69) is 10.3 Å². The number of anilines is 2. The molecule has 0 unspecified atom stereocenters. The molecule has 6 heteroatoms. The largest absolute Gasteiger partial charge is 0.399 e. The Morgan fingerprint density at radius 2 is 2.11 bits per heavy atom. The second-order valence-electron chi connectivity index (χ2n) is 4.19. The Bertz CT molecular complexity index is 668. The van der Waals surface area contributed by atoms with Crippen molar-refractivity contribution in [1.29, 1.82) is 0 Å². The molecule has 0 aliphatic heterocycles. The lowest BCUT2D eigenvalue weighted by Crippen LogP contribution is -2.14. The van der Waals surface area contributed by atoms with E-state index in [0.29, 0.717) is 12.2 Å². The number of pyridine rings is 1. The van der Waals surface area contributed by atoms with Gasteiger partial charge in [-0.25, -0.2) is 8.42 Å². The normalized spacial score (nSPS) is 11.6. The van der Waals surface area contributed by atoms with Crippen LogP contribution in [0.25, 0.3) is 10.9 Å². The number of hydrogen-bond donors (Lipinski definition) is 2. The highest BCUT2D eigenvalue weighted by Crippen LogP contribution is 2.22. The van der Waals surface area contributed by atoms with E-state index in [4.69, 9.17) is 5.73 Å². The molecule has 2 aromatic rings. The van der Waals surface area contributed by atoms with Crippen LogP contribution in [0, 0.1) is 0 Å². The van der Waals surface area contributed by atoms with Gasteiger partial charge in [0.15, 0.2) is 0 Å². The minimum absolute atomic E-state index is 0.103. The number of nitrogens with zero attached hydrogens (tertiary/aromatic N) is 1. The van der Waals surface area contributed by atoms with Gasteiger partial charge in [-0.3, -0.25) is 4.98 Å². The van der Waals surface area contributed by atoms with Crippen molar-refractivity contribution in [2.45, 2.75) is 0 Å². The van der Waals surface area contributed by atoms with Crippen LogP contribution in [0.5, 0.6) is 0 Å². The standard InChI is InChI=1S/C12H15N3O2S/c1-18(16,17)7-6-15-11-4-5-14-12-8-9(13)2-3-10(11)12/h2-5,8H,6-7,13H2,1H3,(H,14,15). The molecule has 96 valence electrons. The van der Waals surface area contributed by atoms with Gasteiger partial charge in [-0.15, -0.1) is 0 Å². The number of nitrogens with two attached hydrogens (primary N) is 1. The predicted octanol–water partition coefficient (Wildman–Crippen LogP) is 1.27. The van der Waals surface area contributed by atoms with Crippen LogP contribution in [0.2, 0.25) is 0 Å². The summed E-state index contributed by atoms with van der Waals surface area (Å²) in [6, 6.07) is 7.28. The third-order valence-corrected chi connectivity index (χ3v) is 3.50. The van der Waals surface area contributed by atoms with Crippen LogP contribution in [0.4, 0.5) is 11.4 Å². The molecule has 1 aromatic carbocycles. The number of nitrogen functional groups attached to an aromatic ring is 1. The van der Waals surface area contributed by atoms with E-state index in [0.717, 1.165) is 16.6 Å². The van der Waals surface area contributed by atoms with Gasteiger partial charge in [-0.2, -0.15) is 0 Å². The number of nitrogens with one attached hydrogen (secondary N) is 1. The Hall–Kier alpha value is -1.82. The van der Waals surface area contributed by atoms with E-state index in [-0.39, 0.29) is 5.75 Å². The predicted molar refractivity (Wildman–Crippen MR) is 74.4 cm³/mol. The monoisotopic (exact) mass is 265 g/mol. The van der Waals surface area contributed by atoms with E-state index in [1.807, 2.05) is 12.1 Å². The molecule has 0 saturated carbocycles. The number of hydrogen-bond acceptors (Lipinski definition) is 5. The first-order valence-electron chi connectivity index (χ1n) is 5.51. The molecule has 0 atom stereocenters. The van der Waals surface area contributed by atoms with E-state index in [9.17, 15) is 8.42 Å². The quantitative estimate of drug-likeness (QED) is 0.813. The zero-order valence-corrected chi connectivity index (χ0v) is 10.9. The van der Waals surface area contributed by atoms with Crippen molar-refractivity contribution in [3.05, 3.63) is 30.5 Å². The van der Waals surface area contributed by atoms with E-state index in [1.165, 1.54) is 6.26 Å². The van der Waals surface area contributed by atoms with Crippen molar-refractivity contribution >= 4 is 32.1 Å². The van der Waals surface area contributed by atoms with Crippen LogP contribution < -0.4 is 11.1 Å². The van der Waals surface area contributed by atoms with Crippen LogP contribution >= 0.6 is 0 Å². The van der Waals surface area contributed by atoms with Gasteiger partial charge in [-0.1, -0.05) is 0 Å². The third kappa shape index (κ3) is 3.10. The fraction of sp³-hybridized carbons (Fsp3) is 0.250. The second-order valence-corrected chi connectivity index (χ2v) is 6.45. The lowest BCUT2D eigenvalue weighted by Gasteiger charge is -2.09. The second kappa shape index (κ2) is 4.81. The lowest BCUT2D eigenvalue weighted by molar-refractivity contribution is 0.602. The van der Waals surface area contributed by atoms with Crippen molar-refractivity contribution in [3.8, 4) is 0 Å². The molecular weight excluding hydrogens is 250 g/mol. The maximum Gasteiger partial charge on any atom is 0.149 e. The molecule has 3 N–H and O–H groups in total. The molecule has 0 amide bonds. The summed E-state index contributed by atoms with van der Waals surface area (Å²) in [4.78, 5) is 4.22. The number of aromatic nitrogens is 1. The summed E-state index contributed by atoms with van der Waals surface area (Å²) in [6.45, 7) is 0.377. The highest BCUT2D eigenvalue weighted by atomic mass is 32.2. The highest BCUT2D eigenvalue weighted by Gasteiger charge is 2.04. The molecule has 1 heterocycles. The van der Waals surface area contributed by atoms with Crippen molar-refractivity contribution in [1.82, 2.24) is 4.98 Å². The summed E-state index contributed by atoms with van der Waals surface area (Å²) < 4.78 is 22.1. The van der Waals surface area contributed by atoms with E-state index < -0.39 is 9.84 Å². The first-order chi connectivity index (χ1) is 8.46. The number of fused-ring (bicyclic) bond motifs is 1. The molecule has 2 rings (SSSR count). The molecule has 0 bridgehead atoms. The molecule has 0 saturated heterocycles. The minimum Gasteiger partial charge on any atom is -0.399 e. The van der Waals surface area contributed by atoms with Crippen LogP contribution in [-0.4, -0.2) is 32.0 Å². The van der Waals surface area contributed by atoms with Gasteiger partial charge in [0.25, 0.3) is 0 Å². The van der Waals surface area contributed by atoms with Gasteiger partial charge in [0.2, 0.25) is 0 Å². The van der Waals surface area contributed by atoms with E-state index in [1.54, 1.807) is 18.3 Å². The van der Waals surface area contributed by atoms with Gasteiger partial charge in [0.1, 0.15) is 9.84 Å². The van der Waals surface area contributed by atoms with Crippen molar-refractivity contribution < 1.29 is 8.42 Å². The maximum absolute atomic E-state index is 11.1. The van der Waals surface area contributed by atoms with E-state index >= 15 is 0 Å². The fourth-order valence-corrected chi connectivity index (χ4v) is 2.16. The fourth-order valence-electron chi connectivity index (χ4n) is 1.69. The Balaban J connectivity index is 2.23. The topological polar surface area (TPSA) is 85.1 Å². The molecule has 0 aliphatic rings. The first kappa shape index (κ1) is 12.6. The zero-order chi connectivity index (χ0) is 13.2. The van der Waals surface area contributed by atoms with Crippen molar-refractivity contribution in [2.75, 3.05) is 29.6 Å². The number of rotatable bonds is 4. The number of benzene rings is 1. The van der Waals surface area contributed by atoms with Crippen LogP contribution in [0.3, 0.4) is 0 Å². The Labute approximate surface area is 106 Å².